The van der Waals surface area contributed by atoms with Gasteiger partial charge in [0, 0.05) is 24.6 Å². The van der Waals surface area contributed by atoms with Gasteiger partial charge in [0.15, 0.2) is 5.76 Å². The molecule has 1 saturated carbocycles. The third kappa shape index (κ3) is 4.21. The third-order valence-corrected chi connectivity index (χ3v) is 5.69. The van der Waals surface area contributed by atoms with Gasteiger partial charge in [-0.2, -0.15) is 0 Å². The molecule has 2 unspecified atom stereocenters. The number of ether oxygens (including phenoxy) is 2. The van der Waals surface area contributed by atoms with Crippen molar-refractivity contribution in [3.8, 4) is 34.3 Å². The van der Waals surface area contributed by atoms with Crippen molar-refractivity contribution in [1.29, 1.82) is 0 Å². The molecule has 8 heteroatoms. The lowest BCUT2D eigenvalue weighted by Gasteiger charge is -2.33. The molecule has 0 aliphatic heterocycles. The summed E-state index contributed by atoms with van der Waals surface area (Å²) in [5, 5.41) is 29.6. The molecule has 0 radical (unpaired) electrons. The van der Waals surface area contributed by atoms with Crippen LogP contribution in [0.4, 0.5) is 0 Å². The van der Waals surface area contributed by atoms with Crippen molar-refractivity contribution in [2.45, 2.75) is 45.3 Å². The average Bonchev–Trinajstić information content (AvgIpc) is 2.71. The molecule has 3 N–H and O–H groups in total. The van der Waals surface area contributed by atoms with Crippen LogP contribution in [0, 0.1) is 5.92 Å². The minimum atomic E-state index is -0.568. The summed E-state index contributed by atoms with van der Waals surface area (Å²) in [6.45, 7) is 3.34. The van der Waals surface area contributed by atoms with Gasteiger partial charge in [0.1, 0.15) is 34.3 Å². The zero-order chi connectivity index (χ0) is 23.0. The molecule has 0 bridgehead atoms. The number of hydrogen-bond acceptors (Lipinski definition) is 8. The molecule has 2 aromatic carbocycles. The molecule has 0 spiro atoms. The molecule has 0 amide bonds. The van der Waals surface area contributed by atoms with Crippen LogP contribution in [0.15, 0.2) is 45.6 Å². The number of aromatic hydroxyl groups is 3. The van der Waals surface area contributed by atoms with Gasteiger partial charge in [-0.05, 0) is 49.4 Å². The summed E-state index contributed by atoms with van der Waals surface area (Å²) in [7, 11) is 0. The smallest absolute Gasteiger partial charge is 0.302 e. The van der Waals surface area contributed by atoms with E-state index in [-0.39, 0.29) is 58.1 Å². The molecular weight excluding hydrogens is 416 g/mol. The Hall–Kier alpha value is -3.68. The largest absolute Gasteiger partial charge is 0.508 e. The number of rotatable bonds is 4. The second kappa shape index (κ2) is 8.45. The Bertz CT molecular complexity index is 1210. The highest BCUT2D eigenvalue weighted by Crippen LogP contribution is 2.38. The Morgan fingerprint density at radius 2 is 1.78 bits per heavy atom. The molecule has 168 valence electrons. The molecule has 3 atom stereocenters. The molecule has 1 heterocycles. The number of fused-ring (bicyclic) bond motifs is 1. The lowest BCUT2D eigenvalue weighted by Crippen LogP contribution is -2.36. The number of esters is 1. The van der Waals surface area contributed by atoms with E-state index < -0.39 is 11.2 Å². The molecule has 4 rings (SSSR count). The Morgan fingerprint density at radius 1 is 1.06 bits per heavy atom. The predicted octanol–water partition coefficient (Wildman–Crippen LogP) is 4.08. The molecule has 0 saturated heterocycles. The van der Waals surface area contributed by atoms with E-state index in [4.69, 9.17) is 13.9 Å². The summed E-state index contributed by atoms with van der Waals surface area (Å²) in [5.74, 6) is -0.844. The average molecular weight is 440 g/mol. The minimum Gasteiger partial charge on any atom is -0.508 e. The van der Waals surface area contributed by atoms with Crippen LogP contribution in [-0.4, -0.2) is 33.5 Å². The molecule has 8 nitrogen and oxygen atoms in total. The van der Waals surface area contributed by atoms with E-state index in [1.54, 1.807) is 12.1 Å². The zero-order valence-corrected chi connectivity index (χ0v) is 17.7. The van der Waals surface area contributed by atoms with Gasteiger partial charge in [-0.25, -0.2) is 0 Å². The van der Waals surface area contributed by atoms with Crippen molar-refractivity contribution < 1.29 is 34.0 Å². The lowest BCUT2D eigenvalue weighted by molar-refractivity contribution is -0.151. The lowest BCUT2D eigenvalue weighted by atomic mass is 9.86. The summed E-state index contributed by atoms with van der Waals surface area (Å²) in [6.07, 6.45) is 1.19. The molecule has 1 fully saturated rings. The molecule has 1 aliphatic rings. The number of hydrogen-bond donors (Lipinski definition) is 3. The first-order valence-corrected chi connectivity index (χ1v) is 10.4. The highest BCUT2D eigenvalue weighted by molar-refractivity contribution is 5.88. The topological polar surface area (TPSA) is 126 Å². The van der Waals surface area contributed by atoms with Crippen LogP contribution in [0.25, 0.3) is 22.3 Å². The molecular formula is C24H24O8. The SMILES string of the molecule is CC(=O)OC1CCC(Oc2c(-c3ccc(O)cc3)oc3cc(O)cc(O)c3c2=O)C[C@H]1C. The number of benzene rings is 2. The Labute approximate surface area is 183 Å². The zero-order valence-electron chi connectivity index (χ0n) is 17.7. The number of phenols is 3. The highest BCUT2D eigenvalue weighted by Gasteiger charge is 2.32. The summed E-state index contributed by atoms with van der Waals surface area (Å²) >= 11 is 0. The van der Waals surface area contributed by atoms with Crippen molar-refractivity contribution >= 4 is 16.9 Å². The Kier molecular flexibility index (Phi) is 5.69. The van der Waals surface area contributed by atoms with Gasteiger partial charge in [-0.1, -0.05) is 6.92 Å². The maximum absolute atomic E-state index is 13.3. The van der Waals surface area contributed by atoms with Crippen molar-refractivity contribution in [1.82, 2.24) is 0 Å². The molecule has 3 aromatic rings. The number of carbonyl (C=O) groups is 1. The van der Waals surface area contributed by atoms with Gasteiger partial charge in [0.2, 0.25) is 11.2 Å². The van der Waals surface area contributed by atoms with Crippen LogP contribution in [0.1, 0.15) is 33.1 Å². The van der Waals surface area contributed by atoms with Crippen molar-refractivity contribution in [2.24, 2.45) is 5.92 Å². The Balaban J connectivity index is 1.76. The van der Waals surface area contributed by atoms with Crippen LogP contribution in [0.5, 0.6) is 23.0 Å². The van der Waals surface area contributed by atoms with Crippen molar-refractivity contribution in [2.75, 3.05) is 0 Å². The Morgan fingerprint density at radius 3 is 2.44 bits per heavy atom. The fourth-order valence-electron chi connectivity index (χ4n) is 4.16. The van der Waals surface area contributed by atoms with Gasteiger partial charge in [-0.3, -0.25) is 9.59 Å². The maximum atomic E-state index is 13.3. The van der Waals surface area contributed by atoms with Crippen LogP contribution in [0.3, 0.4) is 0 Å². The van der Waals surface area contributed by atoms with Crippen molar-refractivity contribution in [3.63, 3.8) is 0 Å². The van der Waals surface area contributed by atoms with Gasteiger partial charge >= 0.3 is 5.97 Å². The molecule has 1 aliphatic carbocycles. The van der Waals surface area contributed by atoms with E-state index >= 15 is 0 Å². The monoisotopic (exact) mass is 440 g/mol. The van der Waals surface area contributed by atoms with Gasteiger partial charge in [0.25, 0.3) is 0 Å². The van der Waals surface area contributed by atoms with Gasteiger partial charge < -0.3 is 29.2 Å². The second-order valence-electron chi connectivity index (χ2n) is 8.15. The van der Waals surface area contributed by atoms with Gasteiger partial charge in [0.05, 0.1) is 6.10 Å². The van der Waals surface area contributed by atoms with E-state index in [1.165, 1.54) is 25.1 Å². The molecule has 1 aromatic heterocycles. The first-order chi connectivity index (χ1) is 15.2. The van der Waals surface area contributed by atoms with Crippen LogP contribution in [0.2, 0.25) is 0 Å². The van der Waals surface area contributed by atoms with Crippen molar-refractivity contribution in [3.05, 3.63) is 46.6 Å². The highest BCUT2D eigenvalue weighted by atomic mass is 16.5. The summed E-state index contributed by atoms with van der Waals surface area (Å²) in [6, 6.07) is 8.38. The number of carbonyl (C=O) groups excluding carboxylic acids is 1. The number of phenolic OH excluding ortho intramolecular Hbond substituents is 3. The fourth-order valence-corrected chi connectivity index (χ4v) is 4.16. The van der Waals surface area contributed by atoms with E-state index in [1.807, 2.05) is 6.92 Å². The second-order valence-corrected chi connectivity index (χ2v) is 8.15. The van der Waals surface area contributed by atoms with Crippen LogP contribution < -0.4 is 10.2 Å². The minimum absolute atomic E-state index is 0.00913. The van der Waals surface area contributed by atoms with E-state index in [0.717, 1.165) is 6.07 Å². The first-order valence-electron chi connectivity index (χ1n) is 10.4. The predicted molar refractivity (Wildman–Crippen MR) is 116 cm³/mol. The van der Waals surface area contributed by atoms with E-state index in [2.05, 4.69) is 0 Å². The summed E-state index contributed by atoms with van der Waals surface area (Å²) < 4.78 is 17.4. The summed E-state index contributed by atoms with van der Waals surface area (Å²) in [4.78, 5) is 24.7. The van der Waals surface area contributed by atoms with Gasteiger partial charge in [-0.15, -0.1) is 0 Å². The van der Waals surface area contributed by atoms with E-state index in [0.29, 0.717) is 24.8 Å². The maximum Gasteiger partial charge on any atom is 0.302 e. The first kappa shape index (κ1) is 21.5. The normalized spacial score (nSPS) is 20.8. The van der Waals surface area contributed by atoms with Crippen LogP contribution in [-0.2, 0) is 9.53 Å². The fraction of sp³-hybridized carbons (Fsp3) is 0.333. The standard InChI is InChI=1S/C24H24O8/c1-12-9-17(7-8-19(12)30-13(2)25)31-24-22(29)21-18(28)10-16(27)11-20(21)32-23(24)14-3-5-15(26)6-4-14/h3-6,10-12,17,19,26-28H,7-9H2,1-2H3/t12-,17?,19?/m1/s1. The summed E-state index contributed by atoms with van der Waals surface area (Å²) in [5.41, 5.74) is -0.0715. The quantitative estimate of drug-likeness (QED) is 0.518. The van der Waals surface area contributed by atoms with Crippen LogP contribution >= 0.6 is 0 Å². The molecule has 32 heavy (non-hydrogen) atoms. The van der Waals surface area contributed by atoms with E-state index in [9.17, 15) is 24.9 Å². The third-order valence-electron chi connectivity index (χ3n) is 5.69.